The summed E-state index contributed by atoms with van der Waals surface area (Å²) in [5.41, 5.74) is -0.156. The van der Waals surface area contributed by atoms with Crippen LogP contribution in [0.25, 0.3) is 0 Å². The molecule has 0 fully saturated rings. The van der Waals surface area contributed by atoms with E-state index in [-0.39, 0.29) is 5.56 Å². The minimum atomic E-state index is -4.59. The van der Waals surface area contributed by atoms with Crippen LogP contribution in [0.2, 0.25) is 0 Å². The fourth-order valence-electron chi connectivity index (χ4n) is 1.99. The van der Waals surface area contributed by atoms with Crippen LogP contribution in [0, 0.1) is 0 Å². The molecule has 0 atom stereocenters. The third kappa shape index (κ3) is 3.82. The molecular formula is C14H14F3N3OS. The summed E-state index contributed by atoms with van der Waals surface area (Å²) < 4.78 is 39.9. The first-order valence-electron chi connectivity index (χ1n) is 6.42. The maximum absolute atomic E-state index is 12.9. The van der Waals surface area contributed by atoms with Gasteiger partial charge >= 0.3 is 6.18 Å². The summed E-state index contributed by atoms with van der Waals surface area (Å²) in [6, 6.07) is 9.65. The Balaban J connectivity index is 2.18. The summed E-state index contributed by atoms with van der Waals surface area (Å²) in [5, 5.41) is 15.1. The second-order valence-electron chi connectivity index (χ2n) is 4.52. The molecule has 0 unspecified atom stereocenters. The van der Waals surface area contributed by atoms with Crippen molar-refractivity contribution < 1.29 is 18.4 Å². The molecule has 1 aromatic carbocycles. The quantitative estimate of drug-likeness (QED) is 0.395. The van der Waals surface area contributed by atoms with Crippen molar-refractivity contribution in [3.8, 4) is 0 Å². The maximum Gasteiger partial charge on any atom is 0.435 e. The fraction of sp³-hybridized carbons (Fsp3) is 0.286. The van der Waals surface area contributed by atoms with Crippen molar-refractivity contribution in [2.75, 3.05) is 5.75 Å². The van der Waals surface area contributed by atoms with E-state index in [2.05, 4.69) is 10.3 Å². The van der Waals surface area contributed by atoms with Gasteiger partial charge in [0.2, 0.25) is 0 Å². The summed E-state index contributed by atoms with van der Waals surface area (Å²) in [7, 11) is 1.44. The number of nitrogens with zero attached hydrogens (tertiary/aromatic N) is 3. The number of rotatable bonds is 5. The zero-order valence-electron chi connectivity index (χ0n) is 11.7. The second kappa shape index (κ2) is 6.87. The molecule has 0 spiro atoms. The lowest BCUT2D eigenvalue weighted by Gasteiger charge is -2.05. The van der Waals surface area contributed by atoms with Gasteiger partial charge in [-0.1, -0.05) is 35.5 Å². The van der Waals surface area contributed by atoms with Gasteiger partial charge in [-0.25, -0.2) is 0 Å². The van der Waals surface area contributed by atoms with Gasteiger partial charge in [-0.2, -0.15) is 18.3 Å². The molecule has 0 saturated heterocycles. The molecular weight excluding hydrogens is 315 g/mol. The molecule has 118 valence electrons. The first-order chi connectivity index (χ1) is 10.4. The van der Waals surface area contributed by atoms with Crippen molar-refractivity contribution in [2.45, 2.75) is 17.6 Å². The molecule has 0 bridgehead atoms. The lowest BCUT2D eigenvalue weighted by atomic mass is 10.2. The van der Waals surface area contributed by atoms with E-state index in [9.17, 15) is 13.2 Å². The van der Waals surface area contributed by atoms with Crippen LogP contribution in [-0.4, -0.2) is 27.0 Å². The normalized spacial score (nSPS) is 12.2. The molecule has 0 aliphatic carbocycles. The average molecular weight is 329 g/mol. The van der Waals surface area contributed by atoms with Crippen LogP contribution in [0.15, 0.2) is 40.5 Å². The summed E-state index contributed by atoms with van der Waals surface area (Å²) in [6.45, 7) is 0. The van der Waals surface area contributed by atoms with Crippen LogP contribution in [0.5, 0.6) is 0 Å². The fourth-order valence-corrected chi connectivity index (χ4v) is 3.05. The Kier molecular flexibility index (Phi) is 5.12. The molecule has 0 radical (unpaired) electrons. The molecule has 2 rings (SSSR count). The Hall–Kier alpha value is -1.96. The maximum atomic E-state index is 12.9. The van der Waals surface area contributed by atoms with Crippen LogP contribution >= 0.6 is 11.8 Å². The van der Waals surface area contributed by atoms with Gasteiger partial charge in [0, 0.05) is 12.8 Å². The van der Waals surface area contributed by atoms with Gasteiger partial charge in [-0.3, -0.25) is 4.68 Å². The molecule has 1 aromatic heterocycles. The van der Waals surface area contributed by atoms with E-state index in [1.54, 1.807) is 0 Å². The van der Waals surface area contributed by atoms with E-state index in [0.717, 1.165) is 16.5 Å². The molecule has 0 aliphatic rings. The molecule has 0 amide bonds. The number of alkyl halides is 3. The van der Waals surface area contributed by atoms with Crippen LogP contribution < -0.4 is 0 Å². The Morgan fingerprint density at radius 1 is 1.32 bits per heavy atom. The highest BCUT2D eigenvalue weighted by atomic mass is 32.2. The summed E-state index contributed by atoms with van der Waals surface area (Å²) >= 11 is 1.24. The highest BCUT2D eigenvalue weighted by Gasteiger charge is 2.38. The summed E-state index contributed by atoms with van der Waals surface area (Å²) in [5.74, 6) is 0.590. The molecule has 0 aliphatic heterocycles. The number of hydrogen-bond acceptors (Lipinski definition) is 4. The Morgan fingerprint density at radius 2 is 2.00 bits per heavy atom. The van der Waals surface area contributed by atoms with E-state index >= 15 is 0 Å². The van der Waals surface area contributed by atoms with E-state index in [0.29, 0.717) is 17.2 Å². The van der Waals surface area contributed by atoms with E-state index in [1.807, 2.05) is 30.3 Å². The lowest BCUT2D eigenvalue weighted by Crippen LogP contribution is -2.09. The van der Waals surface area contributed by atoms with Crippen molar-refractivity contribution in [2.24, 2.45) is 12.2 Å². The summed E-state index contributed by atoms with van der Waals surface area (Å²) in [4.78, 5) is 0. The lowest BCUT2D eigenvalue weighted by molar-refractivity contribution is -0.141. The van der Waals surface area contributed by atoms with Crippen molar-refractivity contribution in [1.82, 2.24) is 9.78 Å². The average Bonchev–Trinajstić information content (AvgIpc) is 2.78. The number of thioether (sulfide) groups is 1. The highest BCUT2D eigenvalue weighted by molar-refractivity contribution is 7.99. The van der Waals surface area contributed by atoms with Crippen LogP contribution in [-0.2, 0) is 19.6 Å². The van der Waals surface area contributed by atoms with Gasteiger partial charge in [0.05, 0.1) is 11.8 Å². The minimum Gasteiger partial charge on any atom is -0.411 e. The molecule has 8 heteroatoms. The predicted molar refractivity (Wildman–Crippen MR) is 78.5 cm³/mol. The topological polar surface area (TPSA) is 50.4 Å². The largest absolute Gasteiger partial charge is 0.435 e. The van der Waals surface area contributed by atoms with Crippen molar-refractivity contribution >= 4 is 18.0 Å². The second-order valence-corrected chi connectivity index (χ2v) is 5.60. The molecule has 4 nitrogen and oxygen atoms in total. The standard InChI is InChI=1S/C14H14F3N3OS/c1-20-13(22-8-7-10-5-3-2-4-6-10)11(9-18-21)12(19-20)14(15,16)17/h2-6,9,21H,7-8H2,1H3. The Morgan fingerprint density at radius 3 is 2.59 bits per heavy atom. The zero-order chi connectivity index (χ0) is 16.2. The van der Waals surface area contributed by atoms with E-state index in [4.69, 9.17) is 5.21 Å². The van der Waals surface area contributed by atoms with Gasteiger partial charge in [0.15, 0.2) is 5.69 Å². The van der Waals surface area contributed by atoms with Crippen LogP contribution in [0.1, 0.15) is 16.8 Å². The van der Waals surface area contributed by atoms with Crippen molar-refractivity contribution in [1.29, 1.82) is 0 Å². The summed E-state index contributed by atoms with van der Waals surface area (Å²) in [6.07, 6.45) is -3.10. The number of aryl methyl sites for hydroxylation is 2. The highest BCUT2D eigenvalue weighted by Crippen LogP contribution is 2.35. The van der Waals surface area contributed by atoms with E-state index in [1.165, 1.54) is 18.8 Å². The molecule has 22 heavy (non-hydrogen) atoms. The first kappa shape index (κ1) is 16.4. The van der Waals surface area contributed by atoms with E-state index < -0.39 is 11.9 Å². The van der Waals surface area contributed by atoms with Gasteiger partial charge in [0.1, 0.15) is 5.03 Å². The van der Waals surface area contributed by atoms with Gasteiger partial charge < -0.3 is 5.21 Å². The predicted octanol–water partition coefficient (Wildman–Crippen LogP) is 3.58. The third-order valence-electron chi connectivity index (χ3n) is 2.96. The number of benzene rings is 1. The van der Waals surface area contributed by atoms with Crippen LogP contribution in [0.3, 0.4) is 0 Å². The molecule has 2 aromatic rings. The van der Waals surface area contributed by atoms with Gasteiger partial charge in [-0.15, -0.1) is 11.8 Å². The number of halogens is 3. The Bertz CT molecular complexity index is 653. The smallest absolute Gasteiger partial charge is 0.411 e. The monoisotopic (exact) mass is 329 g/mol. The first-order valence-corrected chi connectivity index (χ1v) is 7.40. The minimum absolute atomic E-state index is 0.212. The molecule has 0 saturated carbocycles. The number of aromatic nitrogens is 2. The van der Waals surface area contributed by atoms with Gasteiger partial charge in [-0.05, 0) is 12.0 Å². The van der Waals surface area contributed by atoms with Crippen molar-refractivity contribution in [3.05, 3.63) is 47.2 Å². The van der Waals surface area contributed by atoms with Crippen LogP contribution in [0.4, 0.5) is 13.2 Å². The third-order valence-corrected chi connectivity index (χ3v) is 4.12. The van der Waals surface area contributed by atoms with Gasteiger partial charge in [0.25, 0.3) is 0 Å². The Labute approximate surface area is 129 Å². The zero-order valence-corrected chi connectivity index (χ0v) is 12.5. The number of hydrogen-bond donors (Lipinski definition) is 1. The van der Waals surface area contributed by atoms with Crippen molar-refractivity contribution in [3.63, 3.8) is 0 Å². The SMILES string of the molecule is Cn1nc(C(F)(F)F)c(C=NO)c1SCCc1ccccc1. The number of oxime groups is 1. The molecule has 1 N–H and O–H groups in total. The molecule has 1 heterocycles.